The molecule has 0 radical (unpaired) electrons. The molecule has 0 aromatic heterocycles. The second-order valence-electron chi connectivity index (χ2n) is 21.5. The second-order valence-corrected chi connectivity index (χ2v) is 21.5. The smallest absolute Gasteiger partial charge is 0.0490 e. The van der Waals surface area contributed by atoms with Crippen LogP contribution in [0.3, 0.4) is 0 Å². The van der Waals surface area contributed by atoms with Crippen molar-refractivity contribution in [2.45, 2.75) is 59.3 Å². The van der Waals surface area contributed by atoms with Crippen LogP contribution in [0.4, 0.5) is 34.1 Å². The molecule has 11 aromatic rings. The van der Waals surface area contributed by atoms with E-state index in [1.54, 1.807) is 0 Å². The summed E-state index contributed by atoms with van der Waals surface area (Å²) in [7, 11) is 0. The van der Waals surface area contributed by atoms with Gasteiger partial charge >= 0.3 is 0 Å². The Balaban J connectivity index is 1.24. The molecule has 11 aromatic carbocycles. The van der Waals surface area contributed by atoms with Crippen LogP contribution < -0.4 is 9.80 Å². The highest BCUT2D eigenvalue weighted by molar-refractivity contribution is 6.23. The minimum absolute atomic E-state index is 0.0250. The summed E-state index contributed by atoms with van der Waals surface area (Å²) in [6.07, 6.45) is 0. The summed E-state index contributed by atoms with van der Waals surface area (Å²) in [5.41, 5.74) is 20.1. The number of benzene rings is 11. The maximum Gasteiger partial charge on any atom is 0.0490 e. The molecule has 356 valence electrons. The molecule has 11 rings (SSSR count). The molecule has 0 unspecified atom stereocenters. The monoisotopic (exact) mass is 942 g/mol. The first-order chi connectivity index (χ1) is 35.4. The van der Waals surface area contributed by atoms with Gasteiger partial charge in [0.25, 0.3) is 0 Å². The fourth-order valence-corrected chi connectivity index (χ4v) is 10.6. The van der Waals surface area contributed by atoms with Gasteiger partial charge in [-0.05, 0) is 179 Å². The number of hydrogen-bond donors (Lipinski definition) is 0. The molecular formula is C71H62N2. The maximum atomic E-state index is 2.45. The first-order valence-electron chi connectivity index (χ1n) is 25.7. The summed E-state index contributed by atoms with van der Waals surface area (Å²) in [4.78, 5) is 4.85. The van der Waals surface area contributed by atoms with E-state index in [0.717, 1.165) is 34.1 Å². The molecule has 0 fully saturated rings. The van der Waals surface area contributed by atoms with E-state index in [-0.39, 0.29) is 10.8 Å². The fraction of sp³-hybridized carbons (Fsp3) is 0.127. The van der Waals surface area contributed by atoms with E-state index in [1.165, 1.54) is 82.7 Å². The average molecular weight is 943 g/mol. The minimum atomic E-state index is 0.0250. The Hall–Kier alpha value is -8.46. The lowest BCUT2D eigenvalue weighted by molar-refractivity contribution is 0.589. The lowest BCUT2D eigenvalue weighted by Crippen LogP contribution is -2.14. The standard InChI is InChI=1S/C71H62N2/c1-49-44-57(71(5,6)7)36-43-67(49)73(59-32-18-11-19-33-59)62-40-42-64-66(48-62)69(55-29-21-27-53(46-55)51-24-14-9-15-25-51)63-41-39-61(47-65(63)68(64)54-28-20-26-52(45-54)50-22-12-8-13-23-50)72(58-30-16-10-17-31-58)60-37-34-56(35-38-60)70(2,3)4/h8-48H,1-7H3. The fourth-order valence-electron chi connectivity index (χ4n) is 10.6. The summed E-state index contributed by atoms with van der Waals surface area (Å²) < 4.78 is 0. The molecule has 0 N–H and O–H groups in total. The predicted molar refractivity (Wildman–Crippen MR) is 315 cm³/mol. The SMILES string of the molecule is Cc1cc(C(C)(C)C)ccc1N(c1ccccc1)c1ccc2c(-c3cccc(-c4ccccc4)c3)c3cc(N(c4ccccc4)c4ccc(C(C)(C)C)cc4)ccc3c(-c3cccc(-c4ccccc4)c3)c2c1. The molecule has 0 atom stereocenters. The molecule has 0 aliphatic heterocycles. The molecule has 0 saturated carbocycles. The summed E-state index contributed by atoms with van der Waals surface area (Å²) in [6, 6.07) is 91.9. The van der Waals surface area contributed by atoms with E-state index in [1.807, 2.05) is 0 Å². The molecule has 73 heavy (non-hydrogen) atoms. The van der Waals surface area contributed by atoms with Crippen molar-refractivity contribution in [3.63, 3.8) is 0 Å². The van der Waals surface area contributed by atoms with Gasteiger partial charge in [0.15, 0.2) is 0 Å². The first-order valence-corrected chi connectivity index (χ1v) is 25.7. The van der Waals surface area contributed by atoms with Crippen molar-refractivity contribution in [1.29, 1.82) is 0 Å². The number of fused-ring (bicyclic) bond motifs is 2. The van der Waals surface area contributed by atoms with E-state index >= 15 is 0 Å². The summed E-state index contributed by atoms with van der Waals surface area (Å²) in [5.74, 6) is 0. The molecule has 0 aliphatic rings. The highest BCUT2D eigenvalue weighted by atomic mass is 15.1. The number of anilines is 6. The van der Waals surface area contributed by atoms with E-state index in [4.69, 9.17) is 0 Å². The van der Waals surface area contributed by atoms with Crippen molar-refractivity contribution < 1.29 is 0 Å². The zero-order valence-electron chi connectivity index (χ0n) is 43.1. The predicted octanol–water partition coefficient (Wildman–Crippen LogP) is 20.5. The van der Waals surface area contributed by atoms with Gasteiger partial charge in [-0.2, -0.15) is 0 Å². The molecular weight excluding hydrogens is 881 g/mol. The number of hydrogen-bond acceptors (Lipinski definition) is 2. The summed E-state index contributed by atoms with van der Waals surface area (Å²) in [6.45, 7) is 16.0. The van der Waals surface area contributed by atoms with E-state index in [0.29, 0.717) is 0 Å². The Bertz CT molecular complexity index is 3730. The van der Waals surface area contributed by atoms with Gasteiger partial charge < -0.3 is 9.80 Å². The Labute approximate surface area is 432 Å². The number of aryl methyl sites for hydroxylation is 1. The molecule has 0 heterocycles. The summed E-state index contributed by atoms with van der Waals surface area (Å²) >= 11 is 0. The van der Waals surface area contributed by atoms with Gasteiger partial charge in [-0.15, -0.1) is 0 Å². The van der Waals surface area contributed by atoms with Crippen molar-refractivity contribution >= 4 is 55.7 Å². The van der Waals surface area contributed by atoms with Gasteiger partial charge in [0, 0.05) is 34.1 Å². The van der Waals surface area contributed by atoms with Gasteiger partial charge in [0.1, 0.15) is 0 Å². The van der Waals surface area contributed by atoms with Crippen LogP contribution in [0.2, 0.25) is 0 Å². The number of para-hydroxylation sites is 2. The van der Waals surface area contributed by atoms with Crippen molar-refractivity contribution in [2.24, 2.45) is 0 Å². The highest BCUT2D eigenvalue weighted by Crippen LogP contribution is 2.49. The first kappa shape index (κ1) is 46.9. The van der Waals surface area contributed by atoms with Gasteiger partial charge in [0.2, 0.25) is 0 Å². The van der Waals surface area contributed by atoms with Gasteiger partial charge in [0.05, 0.1) is 0 Å². The third-order valence-corrected chi connectivity index (χ3v) is 14.4. The Morgan fingerprint density at radius 1 is 0.260 bits per heavy atom. The molecule has 0 aliphatic carbocycles. The van der Waals surface area contributed by atoms with Gasteiger partial charge in [-0.1, -0.05) is 211 Å². The van der Waals surface area contributed by atoms with Crippen LogP contribution >= 0.6 is 0 Å². The maximum absolute atomic E-state index is 2.45. The van der Waals surface area contributed by atoms with Crippen LogP contribution in [0.5, 0.6) is 0 Å². The lowest BCUT2D eigenvalue weighted by atomic mass is 9.84. The van der Waals surface area contributed by atoms with E-state index < -0.39 is 0 Å². The molecule has 0 bridgehead atoms. The zero-order valence-corrected chi connectivity index (χ0v) is 43.1. The summed E-state index contributed by atoms with van der Waals surface area (Å²) in [5, 5.41) is 4.74. The van der Waals surface area contributed by atoms with Crippen LogP contribution in [0, 0.1) is 6.92 Å². The molecule has 2 heteroatoms. The largest absolute Gasteiger partial charge is 0.310 e. The van der Waals surface area contributed by atoms with Crippen molar-refractivity contribution in [1.82, 2.24) is 0 Å². The minimum Gasteiger partial charge on any atom is -0.310 e. The van der Waals surface area contributed by atoms with Gasteiger partial charge in [-0.3, -0.25) is 0 Å². The lowest BCUT2D eigenvalue weighted by Gasteiger charge is -2.30. The average Bonchev–Trinajstić information content (AvgIpc) is 3.41. The Morgan fingerprint density at radius 3 is 1.08 bits per heavy atom. The second kappa shape index (κ2) is 19.3. The van der Waals surface area contributed by atoms with Crippen LogP contribution in [-0.2, 0) is 10.8 Å². The molecule has 2 nitrogen and oxygen atoms in total. The van der Waals surface area contributed by atoms with Crippen LogP contribution in [0.25, 0.3) is 66.1 Å². The normalized spacial score (nSPS) is 11.8. The van der Waals surface area contributed by atoms with Crippen molar-refractivity contribution in [3.05, 3.63) is 265 Å². The molecule has 0 saturated heterocycles. The third kappa shape index (κ3) is 9.34. The number of rotatable bonds is 10. The Morgan fingerprint density at radius 2 is 0.630 bits per heavy atom. The van der Waals surface area contributed by atoms with Crippen molar-refractivity contribution in [2.75, 3.05) is 9.80 Å². The highest BCUT2D eigenvalue weighted by Gasteiger charge is 2.24. The van der Waals surface area contributed by atoms with Gasteiger partial charge in [-0.25, -0.2) is 0 Å². The van der Waals surface area contributed by atoms with Crippen LogP contribution in [0.15, 0.2) is 249 Å². The van der Waals surface area contributed by atoms with E-state index in [2.05, 4.69) is 307 Å². The molecule has 0 amide bonds. The quantitative estimate of drug-likeness (QED) is 0.126. The van der Waals surface area contributed by atoms with Crippen LogP contribution in [-0.4, -0.2) is 0 Å². The topological polar surface area (TPSA) is 6.48 Å². The Kier molecular flexibility index (Phi) is 12.4. The number of nitrogens with zero attached hydrogens (tertiary/aromatic N) is 2. The molecule has 0 spiro atoms. The van der Waals surface area contributed by atoms with E-state index in [9.17, 15) is 0 Å². The zero-order chi connectivity index (χ0) is 50.3. The van der Waals surface area contributed by atoms with Crippen molar-refractivity contribution in [3.8, 4) is 44.5 Å². The third-order valence-electron chi connectivity index (χ3n) is 14.4. The van der Waals surface area contributed by atoms with Crippen LogP contribution in [0.1, 0.15) is 58.2 Å².